The summed E-state index contributed by atoms with van der Waals surface area (Å²) in [5.41, 5.74) is 2.24. The van der Waals surface area contributed by atoms with E-state index >= 15 is 0 Å². The molecule has 2 unspecified atom stereocenters. The summed E-state index contributed by atoms with van der Waals surface area (Å²) < 4.78 is 19.3. The Bertz CT molecular complexity index is 1050. The molecular formula is C25H26FNO3. The van der Waals surface area contributed by atoms with Crippen molar-refractivity contribution < 1.29 is 19.0 Å². The fourth-order valence-corrected chi connectivity index (χ4v) is 4.53. The molecule has 4 nitrogen and oxygen atoms in total. The van der Waals surface area contributed by atoms with Crippen LogP contribution in [-0.2, 0) is 4.79 Å². The van der Waals surface area contributed by atoms with Gasteiger partial charge in [-0.1, -0.05) is 48.5 Å². The van der Waals surface area contributed by atoms with Crippen LogP contribution in [0.1, 0.15) is 49.3 Å². The van der Waals surface area contributed by atoms with Gasteiger partial charge in [0.1, 0.15) is 0 Å². The van der Waals surface area contributed by atoms with E-state index in [9.17, 15) is 9.18 Å². The molecule has 0 heterocycles. The number of carbonyl (C=O) groups is 1. The highest BCUT2D eigenvalue weighted by atomic mass is 19.1. The maximum atomic E-state index is 14.3. The molecule has 30 heavy (non-hydrogen) atoms. The molecule has 0 bridgehead atoms. The molecule has 1 aliphatic rings. The van der Waals surface area contributed by atoms with E-state index in [0.29, 0.717) is 6.04 Å². The fourth-order valence-electron chi connectivity index (χ4n) is 4.53. The maximum absolute atomic E-state index is 14.3. The van der Waals surface area contributed by atoms with Crippen molar-refractivity contribution in [1.29, 1.82) is 0 Å². The number of benzene rings is 3. The number of rotatable bonds is 7. The molecule has 3 atom stereocenters. The van der Waals surface area contributed by atoms with Gasteiger partial charge in [-0.05, 0) is 66.1 Å². The van der Waals surface area contributed by atoms with Crippen LogP contribution in [-0.4, -0.2) is 23.7 Å². The SMILES string of the molecule is C[C@@H](NC1CCC(c2ccc(OCC(=O)O)c(F)c2)C1)c1cccc2ccccc12. The summed E-state index contributed by atoms with van der Waals surface area (Å²) in [5.74, 6) is -1.36. The first-order chi connectivity index (χ1) is 14.5. The van der Waals surface area contributed by atoms with Gasteiger partial charge in [-0.3, -0.25) is 0 Å². The van der Waals surface area contributed by atoms with E-state index in [2.05, 4.69) is 54.7 Å². The molecule has 2 N–H and O–H groups in total. The van der Waals surface area contributed by atoms with E-state index < -0.39 is 18.4 Å². The Morgan fingerprint density at radius 2 is 1.97 bits per heavy atom. The van der Waals surface area contributed by atoms with E-state index in [1.54, 1.807) is 0 Å². The number of carboxylic acid groups (broad SMARTS) is 1. The van der Waals surface area contributed by atoms with Gasteiger partial charge in [0.25, 0.3) is 0 Å². The van der Waals surface area contributed by atoms with Crippen molar-refractivity contribution in [2.24, 2.45) is 0 Å². The van der Waals surface area contributed by atoms with Crippen LogP contribution in [0.4, 0.5) is 4.39 Å². The lowest BCUT2D eigenvalue weighted by Gasteiger charge is -2.21. The molecule has 1 saturated carbocycles. The van der Waals surface area contributed by atoms with Crippen molar-refractivity contribution in [2.75, 3.05) is 6.61 Å². The topological polar surface area (TPSA) is 58.6 Å². The Morgan fingerprint density at radius 3 is 2.77 bits per heavy atom. The summed E-state index contributed by atoms with van der Waals surface area (Å²) in [5, 5.41) is 15.0. The Morgan fingerprint density at radius 1 is 1.17 bits per heavy atom. The van der Waals surface area contributed by atoms with Gasteiger partial charge in [0.2, 0.25) is 0 Å². The zero-order valence-corrected chi connectivity index (χ0v) is 17.0. The van der Waals surface area contributed by atoms with E-state index in [0.717, 1.165) is 24.8 Å². The molecular weight excluding hydrogens is 381 g/mol. The summed E-state index contributed by atoms with van der Waals surface area (Å²) in [6.07, 6.45) is 2.98. The Labute approximate surface area is 175 Å². The highest BCUT2D eigenvalue weighted by Crippen LogP contribution is 2.37. The molecule has 0 spiro atoms. The van der Waals surface area contributed by atoms with Gasteiger partial charge in [-0.25, -0.2) is 9.18 Å². The van der Waals surface area contributed by atoms with Gasteiger partial charge < -0.3 is 15.2 Å². The number of halogens is 1. The Balaban J connectivity index is 1.41. The summed E-state index contributed by atoms with van der Waals surface area (Å²) in [6.45, 7) is 1.65. The number of carboxylic acids is 1. The lowest BCUT2D eigenvalue weighted by molar-refractivity contribution is -0.139. The monoisotopic (exact) mass is 407 g/mol. The summed E-state index contributed by atoms with van der Waals surface area (Å²) in [7, 11) is 0. The van der Waals surface area contributed by atoms with Crippen molar-refractivity contribution in [3.05, 3.63) is 77.6 Å². The molecule has 3 aromatic carbocycles. The van der Waals surface area contributed by atoms with E-state index in [1.807, 2.05) is 6.07 Å². The molecule has 4 rings (SSSR count). The number of nitrogens with one attached hydrogen (secondary N) is 1. The first-order valence-corrected chi connectivity index (χ1v) is 10.4. The lowest BCUT2D eigenvalue weighted by Crippen LogP contribution is -2.29. The average molecular weight is 407 g/mol. The summed E-state index contributed by atoms with van der Waals surface area (Å²) in [4.78, 5) is 10.6. The minimum atomic E-state index is -1.12. The van der Waals surface area contributed by atoms with Crippen molar-refractivity contribution in [3.63, 3.8) is 0 Å². The van der Waals surface area contributed by atoms with Crippen LogP contribution in [0.5, 0.6) is 5.75 Å². The quantitative estimate of drug-likeness (QED) is 0.548. The van der Waals surface area contributed by atoms with Crippen LogP contribution >= 0.6 is 0 Å². The summed E-state index contributed by atoms with van der Waals surface area (Å²) >= 11 is 0. The van der Waals surface area contributed by atoms with E-state index in [4.69, 9.17) is 9.84 Å². The highest BCUT2D eigenvalue weighted by molar-refractivity contribution is 5.86. The third-order valence-electron chi connectivity index (χ3n) is 5.99. The van der Waals surface area contributed by atoms with Gasteiger partial charge in [0, 0.05) is 12.1 Å². The van der Waals surface area contributed by atoms with Crippen LogP contribution in [0.15, 0.2) is 60.7 Å². The predicted molar refractivity (Wildman–Crippen MR) is 115 cm³/mol. The predicted octanol–water partition coefficient (Wildman–Crippen LogP) is 5.43. The summed E-state index contributed by atoms with van der Waals surface area (Å²) in [6, 6.07) is 20.3. The third-order valence-corrected chi connectivity index (χ3v) is 5.99. The number of hydrogen-bond donors (Lipinski definition) is 2. The molecule has 0 radical (unpaired) electrons. The minimum Gasteiger partial charge on any atom is -0.479 e. The largest absolute Gasteiger partial charge is 0.479 e. The van der Waals surface area contributed by atoms with E-state index in [1.165, 1.54) is 28.5 Å². The Kier molecular flexibility index (Phi) is 6.00. The van der Waals surface area contributed by atoms with Crippen molar-refractivity contribution >= 4 is 16.7 Å². The number of aliphatic carboxylic acids is 1. The highest BCUT2D eigenvalue weighted by Gasteiger charge is 2.28. The number of fused-ring (bicyclic) bond motifs is 1. The van der Waals surface area contributed by atoms with Crippen LogP contribution in [0.25, 0.3) is 10.8 Å². The molecule has 1 fully saturated rings. The van der Waals surface area contributed by atoms with Crippen LogP contribution in [0.3, 0.4) is 0 Å². The molecule has 1 aliphatic carbocycles. The van der Waals surface area contributed by atoms with Gasteiger partial charge in [-0.2, -0.15) is 0 Å². The van der Waals surface area contributed by atoms with Gasteiger partial charge in [0.05, 0.1) is 0 Å². The standard InChI is InChI=1S/C25H26FNO3/c1-16(21-8-4-6-17-5-2-3-7-22(17)21)27-20-11-9-18(13-20)19-10-12-24(23(26)14-19)30-15-25(28)29/h2-8,10,12,14,16,18,20,27H,9,11,13,15H2,1H3,(H,28,29)/t16-,18?,20?/m1/s1. The molecule has 0 amide bonds. The first-order valence-electron chi connectivity index (χ1n) is 10.4. The second kappa shape index (κ2) is 8.84. The second-order valence-electron chi connectivity index (χ2n) is 8.04. The maximum Gasteiger partial charge on any atom is 0.341 e. The van der Waals surface area contributed by atoms with Crippen LogP contribution in [0, 0.1) is 5.82 Å². The van der Waals surface area contributed by atoms with Crippen molar-refractivity contribution in [2.45, 2.75) is 44.2 Å². The first kappa shape index (κ1) is 20.4. The molecule has 156 valence electrons. The fraction of sp³-hybridized carbons (Fsp3) is 0.320. The number of ether oxygens (including phenoxy) is 1. The zero-order chi connectivity index (χ0) is 21.1. The smallest absolute Gasteiger partial charge is 0.341 e. The van der Waals surface area contributed by atoms with E-state index in [-0.39, 0.29) is 17.7 Å². The van der Waals surface area contributed by atoms with Crippen LogP contribution < -0.4 is 10.1 Å². The second-order valence-corrected chi connectivity index (χ2v) is 8.04. The molecule has 0 aromatic heterocycles. The average Bonchev–Trinajstić information content (AvgIpc) is 3.20. The van der Waals surface area contributed by atoms with Crippen molar-refractivity contribution in [3.8, 4) is 5.75 Å². The molecule has 0 saturated heterocycles. The lowest BCUT2D eigenvalue weighted by atomic mass is 9.96. The van der Waals surface area contributed by atoms with Crippen molar-refractivity contribution in [1.82, 2.24) is 5.32 Å². The van der Waals surface area contributed by atoms with Gasteiger partial charge in [-0.15, -0.1) is 0 Å². The minimum absolute atomic E-state index is 0.0154. The zero-order valence-electron chi connectivity index (χ0n) is 17.0. The van der Waals surface area contributed by atoms with Gasteiger partial charge in [0.15, 0.2) is 18.2 Å². The van der Waals surface area contributed by atoms with Gasteiger partial charge >= 0.3 is 5.97 Å². The normalized spacial score (nSPS) is 19.7. The van der Waals surface area contributed by atoms with Crippen LogP contribution in [0.2, 0.25) is 0 Å². The molecule has 3 aromatic rings. The molecule has 0 aliphatic heterocycles. The number of hydrogen-bond acceptors (Lipinski definition) is 3. The third kappa shape index (κ3) is 4.46. The Hall–Kier alpha value is -2.92. The molecule has 5 heteroatoms.